The first-order chi connectivity index (χ1) is 12.3. The maximum atomic E-state index is 12.6. The normalized spacial score (nSPS) is 24.8. The zero-order valence-electron chi connectivity index (χ0n) is 16.5. The van der Waals surface area contributed by atoms with Crippen molar-refractivity contribution < 1.29 is 19.1 Å². The van der Waals surface area contributed by atoms with Crippen LogP contribution in [0.2, 0.25) is 0 Å². The standard InChI is InChI=1S/C20H34N2O4/c1-20(2,3)26-19(24)21-9-6-15(7-10-21)12-18(23)22-11-8-17(13-22)25-14-16-4-5-16/h15-17H,4-14H2,1-3H3/t17-/m0/s1. The predicted molar refractivity (Wildman–Crippen MR) is 98.8 cm³/mol. The molecule has 2 aliphatic heterocycles. The van der Waals surface area contributed by atoms with E-state index in [2.05, 4.69) is 0 Å². The minimum absolute atomic E-state index is 0.230. The topological polar surface area (TPSA) is 59.1 Å². The molecule has 26 heavy (non-hydrogen) atoms. The molecule has 148 valence electrons. The van der Waals surface area contributed by atoms with Gasteiger partial charge in [0.05, 0.1) is 6.10 Å². The molecule has 0 unspecified atom stereocenters. The van der Waals surface area contributed by atoms with Crippen molar-refractivity contribution in [2.24, 2.45) is 11.8 Å². The molecule has 6 heteroatoms. The summed E-state index contributed by atoms with van der Waals surface area (Å²) in [7, 11) is 0. The van der Waals surface area contributed by atoms with E-state index in [-0.39, 0.29) is 18.1 Å². The molecule has 0 aromatic heterocycles. The lowest BCUT2D eigenvalue weighted by atomic mass is 9.93. The summed E-state index contributed by atoms with van der Waals surface area (Å²) >= 11 is 0. The Labute approximate surface area is 157 Å². The molecule has 0 radical (unpaired) electrons. The zero-order valence-corrected chi connectivity index (χ0v) is 16.5. The summed E-state index contributed by atoms with van der Waals surface area (Å²) < 4.78 is 11.4. The Morgan fingerprint density at radius 3 is 2.19 bits per heavy atom. The molecule has 2 saturated heterocycles. The van der Waals surface area contributed by atoms with Crippen LogP contribution in [-0.2, 0) is 14.3 Å². The number of rotatable bonds is 5. The van der Waals surface area contributed by atoms with Crippen LogP contribution >= 0.6 is 0 Å². The Balaban J connectivity index is 1.35. The summed E-state index contributed by atoms with van der Waals surface area (Å²) in [4.78, 5) is 28.4. The third-order valence-electron chi connectivity index (χ3n) is 5.49. The van der Waals surface area contributed by atoms with Crippen LogP contribution in [0.3, 0.4) is 0 Å². The minimum Gasteiger partial charge on any atom is -0.444 e. The first-order valence-corrected chi connectivity index (χ1v) is 10.2. The van der Waals surface area contributed by atoms with E-state index in [0.29, 0.717) is 25.4 Å². The van der Waals surface area contributed by atoms with Crippen LogP contribution in [0.25, 0.3) is 0 Å². The second kappa shape index (κ2) is 8.15. The van der Waals surface area contributed by atoms with E-state index in [4.69, 9.17) is 9.47 Å². The fourth-order valence-electron chi connectivity index (χ4n) is 3.67. The molecule has 1 atom stereocenters. The number of nitrogens with zero attached hydrogens (tertiary/aromatic N) is 2. The number of likely N-dealkylation sites (tertiary alicyclic amines) is 2. The molecule has 0 aromatic rings. The van der Waals surface area contributed by atoms with Crippen molar-refractivity contribution in [2.45, 2.75) is 71.0 Å². The van der Waals surface area contributed by atoms with Crippen molar-refractivity contribution in [1.29, 1.82) is 0 Å². The minimum atomic E-state index is -0.461. The molecule has 3 aliphatic rings. The zero-order chi connectivity index (χ0) is 18.7. The second-order valence-electron chi connectivity index (χ2n) is 9.14. The molecule has 2 amide bonds. The fraction of sp³-hybridized carbons (Fsp3) is 0.900. The number of piperidine rings is 1. The third kappa shape index (κ3) is 5.86. The van der Waals surface area contributed by atoms with Crippen molar-refractivity contribution in [1.82, 2.24) is 9.80 Å². The highest BCUT2D eigenvalue weighted by Gasteiger charge is 2.32. The van der Waals surface area contributed by atoms with Crippen molar-refractivity contribution >= 4 is 12.0 Å². The SMILES string of the molecule is CC(C)(C)OC(=O)N1CCC(CC(=O)N2CC[C@H](OCC3CC3)C2)CC1. The number of carbonyl (C=O) groups is 2. The number of amides is 2. The molecule has 1 saturated carbocycles. The van der Waals surface area contributed by atoms with Gasteiger partial charge in [0.25, 0.3) is 0 Å². The largest absolute Gasteiger partial charge is 0.444 e. The molecule has 0 spiro atoms. The Hall–Kier alpha value is -1.30. The van der Waals surface area contributed by atoms with E-state index in [1.807, 2.05) is 25.7 Å². The highest BCUT2D eigenvalue weighted by atomic mass is 16.6. The van der Waals surface area contributed by atoms with Gasteiger partial charge in [-0.05, 0) is 64.7 Å². The Kier molecular flexibility index (Phi) is 6.10. The van der Waals surface area contributed by atoms with Gasteiger partial charge in [-0.2, -0.15) is 0 Å². The predicted octanol–water partition coefficient (Wildman–Crippen LogP) is 3.05. The molecule has 0 aromatic carbocycles. The van der Waals surface area contributed by atoms with E-state index in [0.717, 1.165) is 44.9 Å². The Morgan fingerprint density at radius 2 is 1.58 bits per heavy atom. The Bertz CT molecular complexity index is 504. The molecule has 0 N–H and O–H groups in total. The van der Waals surface area contributed by atoms with Crippen molar-refractivity contribution in [3.8, 4) is 0 Å². The second-order valence-corrected chi connectivity index (χ2v) is 9.14. The highest BCUT2D eigenvalue weighted by Crippen LogP contribution is 2.30. The van der Waals surface area contributed by atoms with E-state index in [9.17, 15) is 9.59 Å². The summed E-state index contributed by atoms with van der Waals surface area (Å²) in [5.41, 5.74) is -0.461. The van der Waals surface area contributed by atoms with Gasteiger partial charge in [0.2, 0.25) is 5.91 Å². The van der Waals surface area contributed by atoms with E-state index in [1.165, 1.54) is 12.8 Å². The average molecular weight is 367 g/mol. The van der Waals surface area contributed by atoms with Gasteiger partial charge < -0.3 is 19.3 Å². The smallest absolute Gasteiger partial charge is 0.410 e. The van der Waals surface area contributed by atoms with E-state index < -0.39 is 5.60 Å². The number of hydrogen-bond donors (Lipinski definition) is 0. The molecule has 6 nitrogen and oxygen atoms in total. The van der Waals surface area contributed by atoms with E-state index in [1.54, 1.807) is 4.90 Å². The fourth-order valence-corrected chi connectivity index (χ4v) is 3.67. The summed E-state index contributed by atoms with van der Waals surface area (Å²) in [6, 6.07) is 0. The lowest BCUT2D eigenvalue weighted by Gasteiger charge is -2.33. The van der Waals surface area contributed by atoms with Gasteiger partial charge >= 0.3 is 6.09 Å². The molecule has 3 rings (SSSR count). The van der Waals surface area contributed by atoms with Crippen LogP contribution in [0.15, 0.2) is 0 Å². The van der Waals surface area contributed by atoms with Crippen LogP contribution in [0, 0.1) is 11.8 Å². The van der Waals surface area contributed by atoms with Crippen LogP contribution in [-0.4, -0.2) is 66.3 Å². The number of carbonyl (C=O) groups excluding carboxylic acids is 2. The maximum absolute atomic E-state index is 12.6. The molecular formula is C20H34N2O4. The molecule has 0 bridgehead atoms. The van der Waals surface area contributed by atoms with Gasteiger partial charge in [-0.1, -0.05) is 0 Å². The van der Waals surface area contributed by atoms with Crippen molar-refractivity contribution in [3.05, 3.63) is 0 Å². The van der Waals surface area contributed by atoms with Gasteiger partial charge in [0.1, 0.15) is 5.60 Å². The van der Waals surface area contributed by atoms with Gasteiger partial charge in [0, 0.05) is 39.2 Å². The number of ether oxygens (including phenoxy) is 2. The summed E-state index contributed by atoms with van der Waals surface area (Å²) in [6.45, 7) is 9.46. The van der Waals surface area contributed by atoms with Gasteiger partial charge in [-0.25, -0.2) is 4.79 Å². The van der Waals surface area contributed by atoms with Crippen LogP contribution in [0.5, 0.6) is 0 Å². The quantitative estimate of drug-likeness (QED) is 0.750. The van der Waals surface area contributed by atoms with Gasteiger partial charge in [-0.3, -0.25) is 4.79 Å². The van der Waals surface area contributed by atoms with E-state index >= 15 is 0 Å². The molecule has 3 fully saturated rings. The van der Waals surface area contributed by atoms with Gasteiger partial charge in [-0.15, -0.1) is 0 Å². The van der Waals surface area contributed by atoms with Crippen LogP contribution in [0.1, 0.15) is 59.3 Å². The van der Waals surface area contributed by atoms with Crippen LogP contribution in [0.4, 0.5) is 4.79 Å². The third-order valence-corrected chi connectivity index (χ3v) is 5.49. The molecule has 2 heterocycles. The first kappa shape index (κ1) is 19.5. The Morgan fingerprint density at radius 1 is 0.923 bits per heavy atom. The maximum Gasteiger partial charge on any atom is 0.410 e. The number of hydrogen-bond acceptors (Lipinski definition) is 4. The summed E-state index contributed by atoms with van der Waals surface area (Å²) in [5.74, 6) is 1.39. The average Bonchev–Trinajstić information content (AvgIpc) is 3.28. The lowest BCUT2D eigenvalue weighted by Crippen LogP contribution is -2.42. The molecular weight excluding hydrogens is 332 g/mol. The van der Waals surface area contributed by atoms with Crippen molar-refractivity contribution in [3.63, 3.8) is 0 Å². The van der Waals surface area contributed by atoms with Gasteiger partial charge in [0.15, 0.2) is 0 Å². The van der Waals surface area contributed by atoms with Crippen LogP contribution < -0.4 is 0 Å². The highest BCUT2D eigenvalue weighted by molar-refractivity contribution is 5.77. The lowest BCUT2D eigenvalue weighted by molar-refractivity contribution is -0.132. The van der Waals surface area contributed by atoms with Crippen molar-refractivity contribution in [2.75, 3.05) is 32.8 Å². The summed E-state index contributed by atoms with van der Waals surface area (Å²) in [6.07, 6.45) is 5.91. The summed E-state index contributed by atoms with van der Waals surface area (Å²) in [5, 5.41) is 0. The monoisotopic (exact) mass is 366 g/mol. The first-order valence-electron chi connectivity index (χ1n) is 10.2. The molecule has 1 aliphatic carbocycles.